The minimum Gasteiger partial charge on any atom is -0.308 e. The van der Waals surface area contributed by atoms with Crippen molar-refractivity contribution in [1.82, 2.24) is 9.55 Å². The molecule has 0 unspecified atom stereocenters. The summed E-state index contributed by atoms with van der Waals surface area (Å²) < 4.78 is 1.51. The summed E-state index contributed by atoms with van der Waals surface area (Å²) in [5, 5.41) is 1.39. The zero-order valence-corrected chi connectivity index (χ0v) is 13.2. The third-order valence-electron chi connectivity index (χ3n) is 3.24. The van der Waals surface area contributed by atoms with Crippen molar-refractivity contribution in [2.75, 3.05) is 0 Å². The highest BCUT2D eigenvalue weighted by molar-refractivity contribution is 6.42. The summed E-state index contributed by atoms with van der Waals surface area (Å²) in [6, 6.07) is 10.2. The van der Waals surface area contributed by atoms with Crippen LogP contribution in [0, 0.1) is 0 Å². The second-order valence-electron chi connectivity index (χ2n) is 4.59. The number of rotatable bonds is 1. The lowest BCUT2D eigenvalue weighted by Crippen LogP contribution is -2.20. The molecule has 0 saturated heterocycles. The third kappa shape index (κ3) is 2.53. The second kappa shape index (κ2) is 5.34. The average Bonchev–Trinajstić information content (AvgIpc) is 2.46. The topological polar surface area (TPSA) is 34.9 Å². The smallest absolute Gasteiger partial charge is 0.277 e. The molecule has 3 nitrogen and oxygen atoms in total. The molecular formula is C15H9Cl3N2O. The monoisotopic (exact) mass is 338 g/mol. The largest absolute Gasteiger partial charge is 0.308 e. The molecule has 0 saturated carbocycles. The first kappa shape index (κ1) is 14.4. The molecule has 1 aromatic heterocycles. The Kier molecular flexibility index (Phi) is 3.66. The molecule has 21 heavy (non-hydrogen) atoms. The van der Waals surface area contributed by atoms with Gasteiger partial charge < -0.3 is 4.57 Å². The zero-order chi connectivity index (χ0) is 15.1. The van der Waals surface area contributed by atoms with Crippen LogP contribution in [0.25, 0.3) is 22.3 Å². The van der Waals surface area contributed by atoms with Crippen LogP contribution in [0.5, 0.6) is 0 Å². The number of aryl methyl sites for hydroxylation is 1. The number of aromatic nitrogens is 2. The fourth-order valence-corrected chi connectivity index (χ4v) is 2.56. The van der Waals surface area contributed by atoms with Gasteiger partial charge in [0.05, 0.1) is 21.1 Å². The summed E-state index contributed by atoms with van der Waals surface area (Å²) in [7, 11) is 1.68. The molecule has 0 fully saturated rings. The second-order valence-corrected chi connectivity index (χ2v) is 5.84. The highest BCUT2D eigenvalue weighted by atomic mass is 35.5. The molecule has 3 rings (SSSR count). The van der Waals surface area contributed by atoms with Crippen LogP contribution in [0.1, 0.15) is 0 Å². The van der Waals surface area contributed by atoms with E-state index in [0.717, 1.165) is 0 Å². The van der Waals surface area contributed by atoms with Crippen molar-refractivity contribution in [2.24, 2.45) is 7.05 Å². The zero-order valence-electron chi connectivity index (χ0n) is 10.9. The lowest BCUT2D eigenvalue weighted by atomic mass is 10.1. The molecule has 0 bridgehead atoms. The highest BCUT2D eigenvalue weighted by Crippen LogP contribution is 2.27. The summed E-state index contributed by atoms with van der Waals surface area (Å²) >= 11 is 17.9. The molecule has 106 valence electrons. The summed E-state index contributed by atoms with van der Waals surface area (Å²) in [6.07, 6.45) is 0. The van der Waals surface area contributed by atoms with Crippen LogP contribution >= 0.6 is 34.8 Å². The van der Waals surface area contributed by atoms with Gasteiger partial charge in [-0.15, -0.1) is 0 Å². The first-order valence-corrected chi connectivity index (χ1v) is 7.22. The van der Waals surface area contributed by atoms with Gasteiger partial charge in [-0.25, -0.2) is 4.98 Å². The van der Waals surface area contributed by atoms with Crippen LogP contribution in [-0.2, 0) is 7.05 Å². The summed E-state index contributed by atoms with van der Waals surface area (Å²) in [4.78, 5) is 16.9. The summed E-state index contributed by atoms with van der Waals surface area (Å²) in [5.41, 5.74) is 2.08. The molecule has 0 aliphatic rings. The number of hydrogen-bond acceptors (Lipinski definition) is 2. The highest BCUT2D eigenvalue weighted by Gasteiger charge is 2.12. The number of benzene rings is 2. The third-order valence-corrected chi connectivity index (χ3v) is 4.21. The Hall–Kier alpha value is -1.55. The Labute approximate surface area is 135 Å². The first-order chi connectivity index (χ1) is 9.97. The Morgan fingerprint density at radius 1 is 1.00 bits per heavy atom. The number of fused-ring (bicyclic) bond motifs is 1. The SMILES string of the molecule is Cn1c(=O)c(-c2ccc(Cl)cc2)nc2cc(Cl)c(Cl)cc21. The maximum atomic E-state index is 12.5. The molecule has 0 radical (unpaired) electrons. The van der Waals surface area contributed by atoms with E-state index in [1.165, 1.54) is 4.57 Å². The normalized spacial score (nSPS) is 11.0. The van der Waals surface area contributed by atoms with Crippen LogP contribution < -0.4 is 5.56 Å². The molecule has 3 aromatic rings. The van der Waals surface area contributed by atoms with E-state index in [4.69, 9.17) is 34.8 Å². The Morgan fingerprint density at radius 2 is 1.62 bits per heavy atom. The number of hydrogen-bond donors (Lipinski definition) is 0. The minimum atomic E-state index is -0.205. The number of nitrogens with zero attached hydrogens (tertiary/aromatic N) is 2. The van der Waals surface area contributed by atoms with E-state index in [-0.39, 0.29) is 5.56 Å². The number of halogens is 3. The molecular weight excluding hydrogens is 331 g/mol. The van der Waals surface area contributed by atoms with Crippen LogP contribution in [0.2, 0.25) is 15.1 Å². The van der Waals surface area contributed by atoms with E-state index in [1.807, 2.05) is 0 Å². The van der Waals surface area contributed by atoms with E-state index in [9.17, 15) is 4.79 Å². The van der Waals surface area contributed by atoms with Crippen molar-refractivity contribution < 1.29 is 0 Å². The standard InChI is InChI=1S/C15H9Cl3N2O/c1-20-13-7-11(18)10(17)6-12(13)19-14(15(20)21)8-2-4-9(16)5-3-8/h2-7H,1H3. The predicted molar refractivity (Wildman–Crippen MR) is 87.5 cm³/mol. The van der Waals surface area contributed by atoms with E-state index in [0.29, 0.717) is 37.4 Å². The predicted octanol–water partition coefficient (Wildman–Crippen LogP) is 4.56. The van der Waals surface area contributed by atoms with Gasteiger partial charge in [-0.3, -0.25) is 4.79 Å². The van der Waals surface area contributed by atoms with Crippen LogP contribution in [0.15, 0.2) is 41.2 Å². The van der Waals surface area contributed by atoms with E-state index in [2.05, 4.69) is 4.98 Å². The lowest BCUT2D eigenvalue weighted by Gasteiger charge is -2.09. The molecule has 2 aromatic carbocycles. The van der Waals surface area contributed by atoms with Crippen molar-refractivity contribution in [3.8, 4) is 11.3 Å². The molecule has 1 heterocycles. The van der Waals surface area contributed by atoms with Gasteiger partial charge >= 0.3 is 0 Å². The van der Waals surface area contributed by atoms with Crippen LogP contribution in [0.4, 0.5) is 0 Å². The van der Waals surface area contributed by atoms with Crippen molar-refractivity contribution in [1.29, 1.82) is 0 Å². The quantitative estimate of drug-likeness (QED) is 0.651. The molecule has 6 heteroatoms. The van der Waals surface area contributed by atoms with E-state index in [1.54, 1.807) is 43.4 Å². The summed E-state index contributed by atoms with van der Waals surface area (Å²) in [5.74, 6) is 0. The van der Waals surface area contributed by atoms with Crippen molar-refractivity contribution >= 4 is 45.8 Å². The van der Waals surface area contributed by atoms with Gasteiger partial charge in [0, 0.05) is 17.6 Å². The Bertz CT molecular complexity index is 901. The molecule has 0 atom stereocenters. The molecule has 0 amide bonds. The fourth-order valence-electron chi connectivity index (χ4n) is 2.12. The Balaban J connectivity index is 2.34. The Morgan fingerprint density at radius 3 is 2.29 bits per heavy atom. The van der Waals surface area contributed by atoms with Crippen LogP contribution in [0.3, 0.4) is 0 Å². The molecule has 0 aliphatic heterocycles. The summed E-state index contributed by atoms with van der Waals surface area (Å²) in [6.45, 7) is 0. The van der Waals surface area contributed by atoms with Gasteiger partial charge in [0.1, 0.15) is 5.69 Å². The van der Waals surface area contributed by atoms with Crippen molar-refractivity contribution in [3.05, 3.63) is 61.8 Å². The molecule has 0 aliphatic carbocycles. The fraction of sp³-hybridized carbons (Fsp3) is 0.0667. The van der Waals surface area contributed by atoms with Crippen molar-refractivity contribution in [2.45, 2.75) is 0 Å². The molecule has 0 spiro atoms. The van der Waals surface area contributed by atoms with Crippen molar-refractivity contribution in [3.63, 3.8) is 0 Å². The maximum Gasteiger partial charge on any atom is 0.277 e. The van der Waals surface area contributed by atoms with Gasteiger partial charge in [0.25, 0.3) is 5.56 Å². The van der Waals surface area contributed by atoms with E-state index >= 15 is 0 Å². The minimum absolute atomic E-state index is 0.205. The van der Waals surface area contributed by atoms with Gasteiger partial charge in [0.15, 0.2) is 0 Å². The maximum absolute atomic E-state index is 12.5. The van der Waals surface area contributed by atoms with Gasteiger partial charge in [-0.2, -0.15) is 0 Å². The van der Waals surface area contributed by atoms with E-state index < -0.39 is 0 Å². The first-order valence-electron chi connectivity index (χ1n) is 6.09. The van der Waals surface area contributed by atoms with Gasteiger partial charge in [0.2, 0.25) is 0 Å². The lowest BCUT2D eigenvalue weighted by molar-refractivity contribution is 0.896. The molecule has 0 N–H and O–H groups in total. The average molecular weight is 340 g/mol. The van der Waals surface area contributed by atoms with Gasteiger partial charge in [-0.1, -0.05) is 46.9 Å². The van der Waals surface area contributed by atoms with Crippen LogP contribution in [-0.4, -0.2) is 9.55 Å². The van der Waals surface area contributed by atoms with Gasteiger partial charge in [-0.05, 0) is 24.3 Å².